The number of nitrogens with zero attached hydrogens (tertiary/aromatic N) is 1. The fourth-order valence-electron chi connectivity index (χ4n) is 2.74. The average molecular weight is 296 g/mol. The van der Waals surface area contributed by atoms with Crippen molar-refractivity contribution < 1.29 is 0 Å². The highest BCUT2D eigenvalue weighted by Crippen LogP contribution is 2.36. The first-order valence-electron chi connectivity index (χ1n) is 6.39. The highest BCUT2D eigenvalue weighted by atomic mass is 79.9. The summed E-state index contributed by atoms with van der Waals surface area (Å²) in [4.78, 5) is 3.27. The fraction of sp³-hybridized carbons (Fsp3) is 0.600. The summed E-state index contributed by atoms with van der Waals surface area (Å²) in [5.41, 5.74) is 1.78. The molecule has 0 aliphatic carbocycles. The van der Waals surface area contributed by atoms with Gasteiger partial charge in [0.1, 0.15) is 0 Å². The van der Waals surface area contributed by atoms with Gasteiger partial charge in [-0.15, -0.1) is 0 Å². The lowest BCUT2D eigenvalue weighted by molar-refractivity contribution is 0.134. The third-order valence-electron chi connectivity index (χ3n) is 3.58. The van der Waals surface area contributed by atoms with Gasteiger partial charge in [-0.3, -0.25) is 4.90 Å². The molecule has 1 saturated heterocycles. The van der Waals surface area contributed by atoms with Gasteiger partial charge in [-0.1, -0.05) is 67.0 Å². The van der Waals surface area contributed by atoms with E-state index < -0.39 is 0 Å². The zero-order valence-electron chi connectivity index (χ0n) is 11.0. The minimum atomic E-state index is 0.358. The molecule has 0 amide bonds. The summed E-state index contributed by atoms with van der Waals surface area (Å²) in [6.45, 7) is 9.28. The Labute approximate surface area is 113 Å². The van der Waals surface area contributed by atoms with E-state index >= 15 is 0 Å². The smallest absolute Gasteiger partial charge is 0.0288 e. The minimum Gasteiger partial charge on any atom is -0.294 e. The molecule has 0 aromatic heterocycles. The Bertz CT molecular complexity index is 355. The van der Waals surface area contributed by atoms with E-state index in [4.69, 9.17) is 0 Å². The highest BCUT2D eigenvalue weighted by molar-refractivity contribution is 9.09. The van der Waals surface area contributed by atoms with E-state index in [1.54, 1.807) is 0 Å². The first kappa shape index (κ1) is 13.1. The number of hydrogen-bond donors (Lipinski definition) is 0. The van der Waals surface area contributed by atoms with Gasteiger partial charge < -0.3 is 0 Å². The molecule has 0 bridgehead atoms. The van der Waals surface area contributed by atoms with E-state index in [2.05, 4.69) is 71.9 Å². The van der Waals surface area contributed by atoms with Crippen LogP contribution in [0.4, 0.5) is 0 Å². The van der Waals surface area contributed by atoms with E-state index in [1.165, 1.54) is 12.0 Å². The zero-order chi connectivity index (χ0) is 12.5. The van der Waals surface area contributed by atoms with Crippen LogP contribution in [-0.4, -0.2) is 22.3 Å². The molecule has 0 saturated carbocycles. The topological polar surface area (TPSA) is 3.24 Å². The van der Waals surface area contributed by atoms with Gasteiger partial charge in [-0.2, -0.15) is 0 Å². The van der Waals surface area contributed by atoms with Crippen LogP contribution in [0, 0.1) is 5.41 Å². The van der Waals surface area contributed by atoms with Crippen molar-refractivity contribution in [3.8, 4) is 0 Å². The van der Waals surface area contributed by atoms with Crippen LogP contribution in [0.3, 0.4) is 0 Å². The Balaban J connectivity index is 2.09. The number of halogens is 1. The summed E-state index contributed by atoms with van der Waals surface area (Å²) >= 11 is 3.78. The molecule has 1 aliphatic rings. The first-order valence-corrected chi connectivity index (χ1v) is 7.30. The zero-order valence-corrected chi connectivity index (χ0v) is 12.6. The van der Waals surface area contributed by atoms with Crippen LogP contribution in [-0.2, 0) is 6.54 Å². The highest BCUT2D eigenvalue weighted by Gasteiger charge is 2.37. The summed E-state index contributed by atoms with van der Waals surface area (Å²) in [7, 11) is 0. The molecule has 0 radical (unpaired) electrons. The van der Waals surface area contributed by atoms with E-state index in [-0.39, 0.29) is 0 Å². The molecule has 2 heteroatoms. The van der Waals surface area contributed by atoms with Crippen molar-refractivity contribution in [3.05, 3.63) is 35.9 Å². The van der Waals surface area contributed by atoms with Gasteiger partial charge in [0, 0.05) is 24.0 Å². The average Bonchev–Trinajstić information content (AvgIpc) is 2.60. The normalized spacial score (nSPS) is 26.4. The van der Waals surface area contributed by atoms with Crippen LogP contribution in [0.15, 0.2) is 30.3 Å². The molecule has 17 heavy (non-hydrogen) atoms. The van der Waals surface area contributed by atoms with E-state index in [1.807, 2.05) is 0 Å². The molecular formula is C15H22BrN. The second-order valence-corrected chi connectivity index (χ2v) is 7.42. The lowest BCUT2D eigenvalue weighted by Gasteiger charge is -2.35. The fourth-order valence-corrected chi connectivity index (χ4v) is 3.47. The number of alkyl halides is 1. The van der Waals surface area contributed by atoms with Gasteiger partial charge in [-0.05, 0) is 17.4 Å². The summed E-state index contributed by atoms with van der Waals surface area (Å²) in [5.74, 6) is 0. The van der Waals surface area contributed by atoms with Gasteiger partial charge in [0.05, 0.1) is 0 Å². The monoisotopic (exact) mass is 295 g/mol. The number of rotatable bonds is 2. The second-order valence-electron chi connectivity index (χ2n) is 6.13. The molecule has 1 heterocycles. The van der Waals surface area contributed by atoms with Crippen molar-refractivity contribution in [2.24, 2.45) is 5.41 Å². The first-order chi connectivity index (χ1) is 7.97. The number of hydrogen-bond acceptors (Lipinski definition) is 1. The van der Waals surface area contributed by atoms with Gasteiger partial charge in [0.15, 0.2) is 0 Å². The molecule has 1 fully saturated rings. The molecule has 0 unspecified atom stereocenters. The van der Waals surface area contributed by atoms with Crippen molar-refractivity contribution in [1.29, 1.82) is 0 Å². The Hall–Kier alpha value is -0.340. The van der Waals surface area contributed by atoms with E-state index in [0.717, 1.165) is 13.1 Å². The second kappa shape index (κ2) is 5.11. The van der Waals surface area contributed by atoms with Crippen molar-refractivity contribution in [3.63, 3.8) is 0 Å². The molecule has 2 atom stereocenters. The Morgan fingerprint density at radius 1 is 1.24 bits per heavy atom. The van der Waals surface area contributed by atoms with Crippen molar-refractivity contribution in [2.45, 2.75) is 44.6 Å². The molecule has 94 valence electrons. The van der Waals surface area contributed by atoms with Crippen LogP contribution in [0.1, 0.15) is 32.8 Å². The van der Waals surface area contributed by atoms with Gasteiger partial charge in [-0.25, -0.2) is 0 Å². The molecular weight excluding hydrogens is 274 g/mol. The molecule has 1 aromatic rings. The maximum atomic E-state index is 3.78. The molecule has 1 nitrogen and oxygen atoms in total. The minimum absolute atomic E-state index is 0.358. The lowest BCUT2D eigenvalue weighted by Crippen LogP contribution is -2.38. The van der Waals surface area contributed by atoms with Gasteiger partial charge in [0.25, 0.3) is 0 Å². The Kier molecular flexibility index (Phi) is 3.94. The van der Waals surface area contributed by atoms with Crippen LogP contribution in [0.25, 0.3) is 0 Å². The van der Waals surface area contributed by atoms with Crippen LogP contribution >= 0.6 is 15.9 Å². The maximum Gasteiger partial charge on any atom is 0.0288 e. The van der Waals surface area contributed by atoms with Crippen LogP contribution in [0.2, 0.25) is 0 Å². The summed E-state index contributed by atoms with van der Waals surface area (Å²) in [6.07, 6.45) is 1.26. The predicted molar refractivity (Wildman–Crippen MR) is 77.4 cm³/mol. The van der Waals surface area contributed by atoms with Crippen molar-refractivity contribution in [2.75, 3.05) is 6.54 Å². The third-order valence-corrected chi connectivity index (χ3v) is 4.24. The summed E-state index contributed by atoms with van der Waals surface area (Å²) < 4.78 is 0. The number of benzene rings is 1. The number of likely N-dealkylation sites (tertiary alicyclic amines) is 1. The largest absolute Gasteiger partial charge is 0.294 e. The molecule has 2 rings (SSSR count). The Morgan fingerprint density at radius 2 is 1.88 bits per heavy atom. The lowest BCUT2D eigenvalue weighted by atomic mass is 9.85. The standard InChI is InChI=1S/C15H22BrN/c1-15(2,3)14-9-13(16)11-17(14)10-12-7-5-4-6-8-12/h4-8,13-14H,9-11H2,1-3H3/t13-,14+/m0/s1. The van der Waals surface area contributed by atoms with Crippen LogP contribution < -0.4 is 0 Å². The van der Waals surface area contributed by atoms with Crippen molar-refractivity contribution in [1.82, 2.24) is 4.90 Å². The third kappa shape index (κ3) is 3.32. The van der Waals surface area contributed by atoms with Crippen molar-refractivity contribution >= 4 is 15.9 Å². The Morgan fingerprint density at radius 3 is 2.47 bits per heavy atom. The van der Waals surface area contributed by atoms with Crippen LogP contribution in [0.5, 0.6) is 0 Å². The predicted octanol–water partition coefficient (Wildman–Crippen LogP) is 4.07. The van der Waals surface area contributed by atoms with E-state index in [9.17, 15) is 0 Å². The SMILES string of the molecule is CC(C)(C)[C@H]1C[C@H](Br)CN1Cc1ccccc1. The molecule has 0 spiro atoms. The summed E-state index contributed by atoms with van der Waals surface area (Å²) in [5, 5.41) is 0. The maximum absolute atomic E-state index is 3.78. The van der Waals surface area contributed by atoms with Gasteiger partial charge in [0.2, 0.25) is 0 Å². The molecule has 0 N–H and O–H groups in total. The molecule has 1 aromatic carbocycles. The molecule has 1 aliphatic heterocycles. The van der Waals surface area contributed by atoms with E-state index in [0.29, 0.717) is 16.3 Å². The quantitative estimate of drug-likeness (QED) is 0.744. The van der Waals surface area contributed by atoms with Gasteiger partial charge >= 0.3 is 0 Å². The summed E-state index contributed by atoms with van der Waals surface area (Å²) in [6, 6.07) is 11.5.